The maximum atomic E-state index is 14.2. The van der Waals surface area contributed by atoms with Crippen LogP contribution in [0.15, 0.2) is 24.3 Å². The molecule has 1 aromatic heterocycles. The lowest BCUT2D eigenvalue weighted by molar-refractivity contribution is 0.0297. The van der Waals surface area contributed by atoms with Gasteiger partial charge >= 0.3 is 0 Å². The van der Waals surface area contributed by atoms with Gasteiger partial charge in [0, 0.05) is 24.1 Å². The van der Waals surface area contributed by atoms with Gasteiger partial charge in [-0.2, -0.15) is 0 Å². The molecule has 2 aromatic rings. The number of halogens is 2. The van der Waals surface area contributed by atoms with Crippen molar-refractivity contribution in [2.24, 2.45) is 7.05 Å². The Morgan fingerprint density at radius 2 is 2.12 bits per heavy atom. The van der Waals surface area contributed by atoms with E-state index in [0.717, 1.165) is 9.99 Å². The molecule has 8 heteroatoms. The summed E-state index contributed by atoms with van der Waals surface area (Å²) < 4.78 is 16.6. The summed E-state index contributed by atoms with van der Waals surface area (Å²) in [5, 5.41) is 12.3. The molecule has 138 valence electrons. The average Bonchev–Trinajstić information content (AvgIpc) is 2.86. The number of nitrogens with zero attached hydrogens (tertiary/aromatic N) is 2. The molecule has 1 amide bonds. The average molecular weight is 471 g/mol. The zero-order chi connectivity index (χ0) is 19.0. The van der Waals surface area contributed by atoms with E-state index < -0.39 is 5.82 Å². The second-order valence-corrected chi connectivity index (χ2v) is 7.53. The summed E-state index contributed by atoms with van der Waals surface area (Å²) in [6.45, 7) is 1.86. The third kappa shape index (κ3) is 3.35. The van der Waals surface area contributed by atoms with Gasteiger partial charge < -0.3 is 19.9 Å². The Balaban J connectivity index is 2.02. The summed E-state index contributed by atoms with van der Waals surface area (Å²) in [5.41, 5.74) is 0.856. The van der Waals surface area contributed by atoms with Gasteiger partial charge in [-0.05, 0) is 53.3 Å². The van der Waals surface area contributed by atoms with Crippen LogP contribution in [0.5, 0.6) is 0 Å². The number of Topliss-reactive ketones (excluding diaryl/α,β-unsaturated/α-hetero) is 1. The second kappa shape index (κ2) is 7.36. The van der Waals surface area contributed by atoms with Crippen molar-refractivity contribution in [3.05, 3.63) is 44.9 Å². The molecule has 3 rings (SSSR count). The van der Waals surface area contributed by atoms with Gasteiger partial charge in [-0.25, -0.2) is 4.39 Å². The zero-order valence-corrected chi connectivity index (χ0v) is 16.6. The molecule has 1 aromatic carbocycles. The predicted molar refractivity (Wildman–Crippen MR) is 104 cm³/mol. The molecule has 26 heavy (non-hydrogen) atoms. The van der Waals surface area contributed by atoms with Crippen LogP contribution >= 0.6 is 22.6 Å². The molecule has 1 aliphatic rings. The van der Waals surface area contributed by atoms with Gasteiger partial charge in [-0.15, -0.1) is 0 Å². The molecular weight excluding hydrogens is 452 g/mol. The lowest BCUT2D eigenvalue weighted by Gasteiger charge is -2.39. The van der Waals surface area contributed by atoms with Crippen LogP contribution in [-0.2, 0) is 7.05 Å². The minimum atomic E-state index is -0.446. The summed E-state index contributed by atoms with van der Waals surface area (Å²) in [5.74, 6) is -0.575. The number of likely N-dealkylation sites (tertiary alicyclic amines) is 1. The fraction of sp³-hybridized carbons (Fsp3) is 0.333. The Bertz CT molecular complexity index is 879. The lowest BCUT2D eigenvalue weighted by atomic mass is 10.0. The standard InChI is InChI=1S/C18H19FIN3O3/c1-10(25)16-8-13(18(26)23-6-5-12(23)9-24)17(22(16)2)21-15-4-3-11(20)7-14(15)19/h3-4,7-8,12,21,24H,5-6,9H2,1-2H3. The number of aliphatic hydroxyl groups is 1. The Labute approximate surface area is 164 Å². The van der Waals surface area contributed by atoms with Gasteiger partial charge in [0.25, 0.3) is 5.91 Å². The molecular formula is C18H19FIN3O3. The molecule has 1 fully saturated rings. The number of aromatic nitrogens is 1. The number of carbonyl (C=O) groups excluding carboxylic acids is 2. The highest BCUT2D eigenvalue weighted by atomic mass is 127. The van der Waals surface area contributed by atoms with Gasteiger partial charge in [-0.3, -0.25) is 9.59 Å². The highest BCUT2D eigenvalue weighted by Crippen LogP contribution is 2.30. The Morgan fingerprint density at radius 3 is 2.65 bits per heavy atom. The van der Waals surface area contributed by atoms with Gasteiger partial charge in [0.05, 0.1) is 29.6 Å². The summed E-state index contributed by atoms with van der Waals surface area (Å²) in [6, 6.07) is 6.03. The topological polar surface area (TPSA) is 74.6 Å². The lowest BCUT2D eigenvalue weighted by Crippen LogP contribution is -2.52. The second-order valence-electron chi connectivity index (χ2n) is 6.28. The van der Waals surface area contributed by atoms with E-state index in [9.17, 15) is 19.1 Å². The van der Waals surface area contributed by atoms with E-state index in [1.54, 1.807) is 28.6 Å². The fourth-order valence-electron chi connectivity index (χ4n) is 3.03. The number of hydrogen-bond acceptors (Lipinski definition) is 4. The van der Waals surface area contributed by atoms with Crippen LogP contribution < -0.4 is 5.32 Å². The minimum absolute atomic E-state index is 0.105. The molecule has 1 atom stereocenters. The number of rotatable bonds is 5. The molecule has 1 unspecified atom stereocenters. The molecule has 2 N–H and O–H groups in total. The van der Waals surface area contributed by atoms with Crippen molar-refractivity contribution >= 4 is 45.8 Å². The van der Waals surface area contributed by atoms with E-state index in [4.69, 9.17) is 0 Å². The van der Waals surface area contributed by atoms with E-state index in [2.05, 4.69) is 5.32 Å². The van der Waals surface area contributed by atoms with Crippen LogP contribution in [0.2, 0.25) is 0 Å². The van der Waals surface area contributed by atoms with E-state index in [-0.39, 0.29) is 35.6 Å². The number of benzene rings is 1. The van der Waals surface area contributed by atoms with Crippen molar-refractivity contribution in [1.29, 1.82) is 0 Å². The van der Waals surface area contributed by atoms with Crippen LogP contribution in [0.1, 0.15) is 34.2 Å². The predicted octanol–water partition coefficient (Wildman–Crippen LogP) is 2.92. The van der Waals surface area contributed by atoms with E-state index in [0.29, 0.717) is 18.1 Å². The first-order chi connectivity index (χ1) is 12.3. The highest BCUT2D eigenvalue weighted by Gasteiger charge is 2.34. The van der Waals surface area contributed by atoms with Crippen LogP contribution in [0.4, 0.5) is 15.9 Å². The molecule has 2 heterocycles. The van der Waals surface area contributed by atoms with Gasteiger partial charge in [0.1, 0.15) is 11.6 Å². The maximum absolute atomic E-state index is 14.2. The van der Waals surface area contributed by atoms with Crippen molar-refractivity contribution in [2.45, 2.75) is 19.4 Å². The summed E-state index contributed by atoms with van der Waals surface area (Å²) in [6.07, 6.45) is 0.739. The van der Waals surface area contributed by atoms with Gasteiger partial charge in [0.15, 0.2) is 5.78 Å². The van der Waals surface area contributed by atoms with Crippen LogP contribution in [-0.4, -0.2) is 45.5 Å². The van der Waals surface area contributed by atoms with Crippen LogP contribution in [0, 0.1) is 9.39 Å². The number of nitrogens with one attached hydrogen (secondary N) is 1. The fourth-order valence-corrected chi connectivity index (χ4v) is 3.48. The Morgan fingerprint density at radius 1 is 1.38 bits per heavy atom. The third-order valence-electron chi connectivity index (χ3n) is 4.62. The number of anilines is 2. The first kappa shape index (κ1) is 18.8. The zero-order valence-electron chi connectivity index (χ0n) is 14.4. The van der Waals surface area contributed by atoms with Crippen molar-refractivity contribution in [3.8, 4) is 0 Å². The third-order valence-corrected chi connectivity index (χ3v) is 5.29. The summed E-state index contributed by atoms with van der Waals surface area (Å²) in [7, 11) is 1.65. The van der Waals surface area contributed by atoms with Crippen molar-refractivity contribution in [3.63, 3.8) is 0 Å². The van der Waals surface area contributed by atoms with Crippen molar-refractivity contribution in [2.75, 3.05) is 18.5 Å². The first-order valence-corrected chi connectivity index (χ1v) is 9.26. The molecule has 1 aliphatic heterocycles. The van der Waals surface area contributed by atoms with Gasteiger partial charge in [0.2, 0.25) is 0 Å². The quantitative estimate of drug-likeness (QED) is 0.520. The van der Waals surface area contributed by atoms with Gasteiger partial charge in [-0.1, -0.05) is 0 Å². The van der Waals surface area contributed by atoms with Crippen LogP contribution in [0.3, 0.4) is 0 Å². The SMILES string of the molecule is CC(=O)c1cc(C(=O)N2CCC2CO)c(Nc2ccc(I)cc2F)n1C. The minimum Gasteiger partial charge on any atom is -0.394 e. The molecule has 0 saturated carbocycles. The van der Waals surface area contributed by atoms with E-state index in [1.165, 1.54) is 19.1 Å². The first-order valence-electron chi connectivity index (χ1n) is 8.18. The molecule has 0 spiro atoms. The number of amides is 1. The number of hydrogen-bond donors (Lipinski definition) is 2. The number of carbonyl (C=O) groups is 2. The molecule has 0 bridgehead atoms. The van der Waals surface area contributed by atoms with Crippen LogP contribution in [0.25, 0.3) is 0 Å². The smallest absolute Gasteiger partial charge is 0.257 e. The molecule has 1 saturated heterocycles. The largest absolute Gasteiger partial charge is 0.394 e. The summed E-state index contributed by atoms with van der Waals surface area (Å²) >= 11 is 2.02. The maximum Gasteiger partial charge on any atom is 0.257 e. The molecule has 6 nitrogen and oxygen atoms in total. The normalized spacial score (nSPS) is 16.3. The molecule has 0 radical (unpaired) electrons. The Kier molecular flexibility index (Phi) is 5.33. The van der Waals surface area contributed by atoms with Crippen molar-refractivity contribution < 1.29 is 19.1 Å². The Hall–Kier alpha value is -1.94. The van der Waals surface area contributed by atoms with E-state index >= 15 is 0 Å². The summed E-state index contributed by atoms with van der Waals surface area (Å²) in [4.78, 5) is 26.4. The van der Waals surface area contributed by atoms with Crippen molar-refractivity contribution in [1.82, 2.24) is 9.47 Å². The van der Waals surface area contributed by atoms with E-state index in [1.807, 2.05) is 22.6 Å². The monoisotopic (exact) mass is 471 g/mol. The molecule has 0 aliphatic carbocycles. The number of ketones is 1. The number of aliphatic hydroxyl groups excluding tert-OH is 1. The highest BCUT2D eigenvalue weighted by molar-refractivity contribution is 14.1.